The van der Waals surface area contributed by atoms with Crippen molar-refractivity contribution in [2.45, 2.75) is 42.3 Å². The minimum atomic E-state index is -4.60. The Morgan fingerprint density at radius 3 is 2.50 bits per heavy atom. The number of nitrogens with zero attached hydrogens (tertiary/aromatic N) is 1. The van der Waals surface area contributed by atoms with Gasteiger partial charge >= 0.3 is 11.0 Å². The predicted molar refractivity (Wildman–Crippen MR) is 172 cm³/mol. The number of anilines is 1. The van der Waals surface area contributed by atoms with Crippen molar-refractivity contribution in [3.05, 3.63) is 108 Å². The third-order valence-corrected chi connectivity index (χ3v) is 13.0. The summed E-state index contributed by atoms with van der Waals surface area (Å²) in [6.45, 7) is 2.37. The number of carbonyl (C=O) groups excluding carboxylic acids is 2. The molecule has 6 nitrogen and oxygen atoms in total. The first-order chi connectivity index (χ1) is 22.0. The molecule has 3 heterocycles. The lowest BCUT2D eigenvalue weighted by atomic mass is 9.68. The summed E-state index contributed by atoms with van der Waals surface area (Å²) in [5.74, 6) is -2.20. The van der Waals surface area contributed by atoms with Gasteiger partial charge in [0.2, 0.25) is 11.8 Å². The maximum absolute atomic E-state index is 14.1. The molecule has 4 aromatic rings. The molecule has 4 aliphatic rings. The van der Waals surface area contributed by atoms with E-state index in [1.807, 2.05) is 43.3 Å². The maximum Gasteiger partial charge on any atom is 0.416 e. The van der Waals surface area contributed by atoms with Crippen LogP contribution in [0.3, 0.4) is 0 Å². The number of rotatable bonds is 5. The molecule has 2 aliphatic carbocycles. The number of imide groups is 1. The highest BCUT2D eigenvalue weighted by atomic mass is 79.9. The number of hydrogen-bond donors (Lipinski definition) is 1. The number of carbonyl (C=O) groups is 2. The molecule has 0 radical (unpaired) electrons. The molecule has 1 N–H and O–H groups in total. The molecule has 3 aromatic carbocycles. The van der Waals surface area contributed by atoms with Crippen molar-refractivity contribution in [2.75, 3.05) is 4.90 Å². The van der Waals surface area contributed by atoms with Gasteiger partial charge in [-0.25, -0.2) is 0 Å². The maximum atomic E-state index is 14.1. The average Bonchev–Trinajstić information content (AvgIpc) is 3.75. The zero-order valence-corrected chi connectivity index (χ0v) is 27.4. The van der Waals surface area contributed by atoms with Gasteiger partial charge in [-0.1, -0.05) is 63.2 Å². The van der Waals surface area contributed by atoms with E-state index in [2.05, 4.69) is 27.0 Å². The number of amides is 2. The van der Waals surface area contributed by atoms with Crippen LogP contribution in [0.15, 0.2) is 81.0 Å². The molecule has 12 heteroatoms. The second kappa shape index (κ2) is 10.8. The van der Waals surface area contributed by atoms with E-state index >= 15 is 0 Å². The number of alkyl halides is 3. The Morgan fingerprint density at radius 1 is 0.978 bits per heavy atom. The van der Waals surface area contributed by atoms with Crippen molar-refractivity contribution in [1.29, 1.82) is 0 Å². The monoisotopic (exact) mass is 726 g/mol. The number of benzene rings is 3. The quantitative estimate of drug-likeness (QED) is 0.213. The number of thioether (sulfide) groups is 1. The summed E-state index contributed by atoms with van der Waals surface area (Å²) in [7, 11) is 0. The number of ether oxygens (including phenoxy) is 1. The van der Waals surface area contributed by atoms with Crippen LogP contribution in [0.25, 0.3) is 0 Å². The fraction of sp³-hybridized carbons (Fsp3) is 0.324. The Bertz CT molecular complexity index is 1980. The highest BCUT2D eigenvalue weighted by Crippen LogP contribution is 2.69. The van der Waals surface area contributed by atoms with E-state index in [4.69, 9.17) is 4.74 Å². The number of aromatic amines is 1. The number of fused-ring (bicyclic) bond motifs is 9. The molecule has 8 rings (SSSR count). The topological polar surface area (TPSA) is 79.5 Å². The summed E-state index contributed by atoms with van der Waals surface area (Å²) in [5, 5.41) is 0.692. The molecular weight excluding hydrogens is 701 g/mol. The molecule has 0 spiro atoms. The summed E-state index contributed by atoms with van der Waals surface area (Å²) in [6, 6.07) is 18.3. The Hall–Kier alpha value is -3.35. The molecule has 2 aliphatic heterocycles. The van der Waals surface area contributed by atoms with Gasteiger partial charge in [0.15, 0.2) is 0 Å². The number of nitrogens with one attached hydrogen (secondary N) is 1. The third kappa shape index (κ3) is 4.70. The van der Waals surface area contributed by atoms with Crippen LogP contribution >= 0.6 is 39.0 Å². The standard InChI is InChI=1S/C34H26BrF3N2O4S2/c1-15-4-2-5-16(10-15)14-44-23-9-8-18(35)12-20(23)24-25-21-13-22(28(25)45-30-29(24)46-33(43)39-30)27-26(21)31(41)40(32(27)42)19-7-3-6-17(11-19)34(36,37)38/h2-12,21-22,24-28H,13-14H2,1H3,(H,39,43)/t21?,22?,24-,25?,26?,27?,28?/m1/s1. The van der Waals surface area contributed by atoms with Crippen molar-refractivity contribution in [3.8, 4) is 5.75 Å². The summed E-state index contributed by atoms with van der Waals surface area (Å²) >= 11 is 6.35. The van der Waals surface area contributed by atoms with Gasteiger partial charge in [0.25, 0.3) is 0 Å². The van der Waals surface area contributed by atoms with Crippen molar-refractivity contribution in [1.82, 2.24) is 4.98 Å². The second-order valence-corrected chi connectivity index (χ2v) is 15.6. The van der Waals surface area contributed by atoms with Crippen molar-refractivity contribution in [2.24, 2.45) is 29.6 Å². The van der Waals surface area contributed by atoms with E-state index in [1.165, 1.54) is 12.1 Å². The summed E-state index contributed by atoms with van der Waals surface area (Å²) in [6.07, 6.45) is -3.94. The molecule has 46 heavy (non-hydrogen) atoms. The van der Waals surface area contributed by atoms with Crippen LogP contribution in [0, 0.1) is 36.5 Å². The Labute approximate surface area is 278 Å². The van der Waals surface area contributed by atoms with Crippen LogP contribution < -0.4 is 14.5 Å². The van der Waals surface area contributed by atoms with Crippen LogP contribution in [0.1, 0.15) is 39.5 Å². The molecule has 2 amide bonds. The van der Waals surface area contributed by atoms with Crippen molar-refractivity contribution in [3.63, 3.8) is 0 Å². The molecular formula is C34H26BrF3N2O4S2. The highest BCUT2D eigenvalue weighted by Gasteiger charge is 2.70. The molecule has 2 saturated carbocycles. The van der Waals surface area contributed by atoms with E-state index in [0.717, 1.165) is 59.4 Å². The van der Waals surface area contributed by atoms with Crippen LogP contribution in [-0.4, -0.2) is 22.0 Å². The van der Waals surface area contributed by atoms with E-state index in [9.17, 15) is 27.6 Å². The van der Waals surface area contributed by atoms with E-state index < -0.39 is 35.4 Å². The van der Waals surface area contributed by atoms with Crippen LogP contribution in [0.4, 0.5) is 18.9 Å². The molecule has 1 aromatic heterocycles. The predicted octanol–water partition coefficient (Wildman–Crippen LogP) is 7.78. The minimum absolute atomic E-state index is 0.0481. The van der Waals surface area contributed by atoms with Gasteiger partial charge < -0.3 is 9.72 Å². The zero-order valence-electron chi connectivity index (χ0n) is 24.2. The first kappa shape index (κ1) is 30.0. The van der Waals surface area contributed by atoms with Gasteiger partial charge in [0, 0.05) is 26.1 Å². The number of aryl methyl sites for hydroxylation is 1. The first-order valence-corrected chi connectivity index (χ1v) is 17.4. The van der Waals surface area contributed by atoms with Crippen LogP contribution in [-0.2, 0) is 22.4 Å². The lowest BCUT2D eigenvalue weighted by Gasteiger charge is -2.43. The Kier molecular flexibility index (Phi) is 7.08. The van der Waals surface area contributed by atoms with Gasteiger partial charge in [-0.15, -0.1) is 11.8 Å². The smallest absolute Gasteiger partial charge is 0.416 e. The second-order valence-electron chi connectivity index (χ2n) is 12.5. The Morgan fingerprint density at radius 2 is 1.74 bits per heavy atom. The molecule has 1 saturated heterocycles. The largest absolute Gasteiger partial charge is 0.489 e. The number of aromatic nitrogens is 1. The van der Waals surface area contributed by atoms with Crippen molar-refractivity contribution >= 4 is 56.5 Å². The van der Waals surface area contributed by atoms with Gasteiger partial charge in [0.1, 0.15) is 12.4 Å². The summed E-state index contributed by atoms with van der Waals surface area (Å²) < 4.78 is 47.9. The first-order valence-electron chi connectivity index (χ1n) is 14.9. The highest BCUT2D eigenvalue weighted by molar-refractivity contribution is 9.10. The number of H-pyrrole nitrogens is 1. The van der Waals surface area contributed by atoms with Gasteiger partial charge in [-0.2, -0.15) is 13.2 Å². The Balaban J connectivity index is 1.19. The lowest BCUT2D eigenvalue weighted by molar-refractivity contribution is -0.137. The third-order valence-electron chi connectivity index (χ3n) is 9.94. The van der Waals surface area contributed by atoms with E-state index in [0.29, 0.717) is 18.8 Å². The fourth-order valence-electron chi connectivity index (χ4n) is 8.30. The molecule has 6 unspecified atom stereocenters. The fourth-order valence-corrected chi connectivity index (χ4v) is 11.6. The van der Waals surface area contributed by atoms with E-state index in [1.54, 1.807) is 11.8 Å². The molecule has 236 valence electrons. The normalized spacial score (nSPS) is 27.9. The number of halogens is 4. The van der Waals surface area contributed by atoms with Crippen LogP contribution in [0.2, 0.25) is 0 Å². The molecule has 7 atom stereocenters. The van der Waals surface area contributed by atoms with Gasteiger partial charge in [0.05, 0.1) is 28.1 Å². The summed E-state index contributed by atoms with van der Waals surface area (Å²) in [4.78, 5) is 45.4. The van der Waals surface area contributed by atoms with Crippen LogP contribution in [0.5, 0.6) is 5.75 Å². The minimum Gasteiger partial charge on any atom is -0.489 e. The number of thiazole rings is 1. The molecule has 3 fully saturated rings. The number of hydrogen-bond acceptors (Lipinski definition) is 6. The van der Waals surface area contributed by atoms with Gasteiger partial charge in [-0.3, -0.25) is 19.3 Å². The van der Waals surface area contributed by atoms with Gasteiger partial charge in [-0.05, 0) is 73.1 Å². The molecule has 2 bridgehead atoms. The lowest BCUT2D eigenvalue weighted by Crippen LogP contribution is -2.42. The van der Waals surface area contributed by atoms with Crippen molar-refractivity contribution < 1.29 is 27.5 Å². The van der Waals surface area contributed by atoms with E-state index in [-0.39, 0.29) is 39.5 Å². The average molecular weight is 728 g/mol. The zero-order chi connectivity index (χ0) is 32.1. The summed E-state index contributed by atoms with van der Waals surface area (Å²) in [5.41, 5.74) is 2.08. The SMILES string of the molecule is Cc1cccc(COc2ccc(Br)cc2[C@H]2c3sc(=O)[nH]c3SC3C4CC(C5C(=O)N(c6cccc(C(F)(F)F)c6)C(=O)C45)C32)c1.